The predicted molar refractivity (Wildman–Crippen MR) is 123 cm³/mol. The molecule has 0 aromatic heterocycles. The van der Waals surface area contributed by atoms with Crippen LogP contribution in [-0.4, -0.2) is 52.5 Å². The Morgan fingerprint density at radius 2 is 1.42 bits per heavy atom. The van der Waals surface area contributed by atoms with Gasteiger partial charge in [-0.05, 0) is 29.8 Å². The van der Waals surface area contributed by atoms with Crippen LogP contribution in [0.25, 0.3) is 0 Å². The summed E-state index contributed by atoms with van der Waals surface area (Å²) in [6.45, 7) is 0. The predicted octanol–water partition coefficient (Wildman–Crippen LogP) is 3.05. The SMILES string of the molecule is CN1C(=O)C2C(C1=O)N(C(=O)c1ccccc1)N1c3ccccc3N=C(c3ccccc3)C21. The minimum atomic E-state index is -0.930. The zero-order chi connectivity index (χ0) is 22.7. The van der Waals surface area contributed by atoms with E-state index in [1.165, 1.54) is 12.1 Å². The summed E-state index contributed by atoms with van der Waals surface area (Å²) in [5, 5.41) is 3.29. The largest absolute Gasteiger partial charge is 0.283 e. The topological polar surface area (TPSA) is 73.3 Å². The number of para-hydroxylation sites is 2. The van der Waals surface area contributed by atoms with Gasteiger partial charge in [0.1, 0.15) is 12.1 Å². The Kier molecular flexibility index (Phi) is 4.20. The highest BCUT2D eigenvalue weighted by atomic mass is 16.2. The number of rotatable bonds is 2. The highest BCUT2D eigenvalue weighted by Gasteiger charge is 2.64. The molecule has 3 aliphatic rings. The van der Waals surface area contributed by atoms with Crippen LogP contribution in [0.3, 0.4) is 0 Å². The number of benzene rings is 3. The first-order valence-corrected chi connectivity index (χ1v) is 10.8. The minimum Gasteiger partial charge on any atom is -0.283 e. The van der Waals surface area contributed by atoms with Crippen molar-refractivity contribution in [1.82, 2.24) is 9.91 Å². The number of anilines is 1. The molecule has 7 heteroatoms. The van der Waals surface area contributed by atoms with Gasteiger partial charge >= 0.3 is 0 Å². The van der Waals surface area contributed by atoms with Crippen LogP contribution < -0.4 is 5.01 Å². The fraction of sp³-hybridized carbons (Fsp3) is 0.154. The summed E-state index contributed by atoms with van der Waals surface area (Å²) in [6.07, 6.45) is 0. The number of carbonyl (C=O) groups is 3. The van der Waals surface area contributed by atoms with Gasteiger partial charge in [0.05, 0.1) is 23.0 Å². The molecule has 0 spiro atoms. The number of amides is 3. The number of hydrogen-bond acceptors (Lipinski definition) is 5. The van der Waals surface area contributed by atoms with Crippen LogP contribution in [-0.2, 0) is 9.59 Å². The van der Waals surface area contributed by atoms with E-state index in [0.717, 1.165) is 10.5 Å². The third kappa shape index (κ3) is 2.68. The summed E-state index contributed by atoms with van der Waals surface area (Å²) in [7, 11) is 1.48. The molecule has 3 amide bonds. The summed E-state index contributed by atoms with van der Waals surface area (Å²) < 4.78 is 0. The molecule has 3 aromatic carbocycles. The number of nitrogens with zero attached hydrogens (tertiary/aromatic N) is 4. The second-order valence-electron chi connectivity index (χ2n) is 8.36. The molecule has 3 heterocycles. The molecule has 3 aromatic rings. The standard InChI is InChI=1S/C26H20N4O3/c1-28-25(32)20-22-21(16-10-4-2-5-11-16)27-18-14-8-9-15-19(18)29(22)30(23(20)26(28)33)24(31)17-12-6-3-7-13-17/h2-15,20,22-23H,1H3. The summed E-state index contributed by atoms with van der Waals surface area (Å²) in [5.41, 5.74) is 3.36. The fourth-order valence-electron chi connectivity index (χ4n) is 5.09. The second kappa shape index (κ2) is 7.13. The molecule has 7 nitrogen and oxygen atoms in total. The number of likely N-dealkylation sites (tertiary alicyclic amines) is 1. The summed E-state index contributed by atoms with van der Waals surface area (Å²) >= 11 is 0. The second-order valence-corrected chi connectivity index (χ2v) is 8.36. The van der Waals surface area contributed by atoms with Crippen LogP contribution in [0.1, 0.15) is 15.9 Å². The smallest absolute Gasteiger partial charge is 0.273 e. The molecule has 2 fully saturated rings. The first-order valence-electron chi connectivity index (χ1n) is 10.8. The third-order valence-electron chi connectivity index (χ3n) is 6.59. The average molecular weight is 436 g/mol. The van der Waals surface area contributed by atoms with Gasteiger partial charge in [0.15, 0.2) is 0 Å². The maximum Gasteiger partial charge on any atom is 0.273 e. The van der Waals surface area contributed by atoms with Crippen molar-refractivity contribution in [1.29, 1.82) is 0 Å². The lowest BCUT2D eigenvalue weighted by atomic mass is 9.88. The van der Waals surface area contributed by atoms with E-state index in [2.05, 4.69) is 0 Å². The van der Waals surface area contributed by atoms with Crippen LogP contribution in [0.5, 0.6) is 0 Å². The van der Waals surface area contributed by atoms with E-state index >= 15 is 0 Å². The fourth-order valence-corrected chi connectivity index (χ4v) is 5.09. The number of aliphatic imine (C=N–C) groups is 1. The van der Waals surface area contributed by atoms with Crippen molar-refractivity contribution in [2.75, 3.05) is 12.1 Å². The molecule has 0 N–H and O–H groups in total. The van der Waals surface area contributed by atoms with Gasteiger partial charge in [0, 0.05) is 12.6 Å². The molecule has 3 atom stereocenters. The molecule has 3 aliphatic heterocycles. The quantitative estimate of drug-likeness (QED) is 0.579. The molecule has 0 bridgehead atoms. The van der Waals surface area contributed by atoms with Crippen LogP contribution >= 0.6 is 0 Å². The summed E-state index contributed by atoms with van der Waals surface area (Å²) in [4.78, 5) is 46.5. The van der Waals surface area contributed by atoms with Gasteiger partial charge in [-0.1, -0.05) is 60.7 Å². The Morgan fingerprint density at radius 3 is 2.15 bits per heavy atom. The van der Waals surface area contributed by atoms with E-state index in [-0.39, 0.29) is 17.7 Å². The van der Waals surface area contributed by atoms with Gasteiger partial charge in [-0.2, -0.15) is 0 Å². The van der Waals surface area contributed by atoms with Gasteiger partial charge in [0.25, 0.3) is 11.8 Å². The lowest BCUT2D eigenvalue weighted by Gasteiger charge is -2.39. The number of imide groups is 1. The van der Waals surface area contributed by atoms with E-state index in [1.54, 1.807) is 24.3 Å². The first-order chi connectivity index (χ1) is 16.1. The maximum absolute atomic E-state index is 13.8. The van der Waals surface area contributed by atoms with E-state index in [0.29, 0.717) is 22.6 Å². The Hall–Kier alpha value is -4.26. The summed E-state index contributed by atoms with van der Waals surface area (Å²) in [5.74, 6) is -1.75. The average Bonchev–Trinajstić information content (AvgIpc) is 3.33. The molecular weight excluding hydrogens is 416 g/mol. The highest BCUT2D eigenvalue weighted by Crippen LogP contribution is 2.48. The number of likely N-dealkylation sites (N-methyl/N-ethyl adjacent to an activating group) is 1. The van der Waals surface area contributed by atoms with Crippen LogP contribution in [0.15, 0.2) is 89.9 Å². The Balaban J connectivity index is 1.60. The number of carbonyl (C=O) groups excluding carboxylic acids is 3. The Morgan fingerprint density at radius 1 is 0.788 bits per heavy atom. The third-order valence-corrected chi connectivity index (χ3v) is 6.59. The maximum atomic E-state index is 13.8. The summed E-state index contributed by atoms with van der Waals surface area (Å²) in [6, 6.07) is 24.5. The molecule has 162 valence electrons. The van der Waals surface area contributed by atoms with Gasteiger partial charge in [-0.15, -0.1) is 0 Å². The van der Waals surface area contributed by atoms with Crippen molar-refractivity contribution in [3.05, 3.63) is 96.1 Å². The molecule has 6 rings (SSSR count). The van der Waals surface area contributed by atoms with Crippen molar-refractivity contribution in [2.45, 2.75) is 12.1 Å². The van der Waals surface area contributed by atoms with E-state index in [9.17, 15) is 14.4 Å². The van der Waals surface area contributed by atoms with E-state index < -0.39 is 18.0 Å². The first kappa shape index (κ1) is 19.4. The minimum absolute atomic E-state index is 0.300. The monoisotopic (exact) mass is 436 g/mol. The molecule has 0 radical (unpaired) electrons. The zero-order valence-corrected chi connectivity index (χ0v) is 17.8. The van der Waals surface area contributed by atoms with Crippen LogP contribution in [0, 0.1) is 5.92 Å². The Labute approximate surface area is 190 Å². The lowest BCUT2D eigenvalue weighted by molar-refractivity contribution is -0.138. The Bertz CT molecular complexity index is 1320. The molecule has 3 unspecified atom stereocenters. The van der Waals surface area contributed by atoms with Crippen LogP contribution in [0.2, 0.25) is 0 Å². The van der Waals surface area contributed by atoms with Gasteiger partial charge in [0.2, 0.25) is 5.91 Å². The lowest BCUT2D eigenvalue weighted by Crippen LogP contribution is -2.54. The van der Waals surface area contributed by atoms with Gasteiger partial charge in [-0.3, -0.25) is 24.3 Å². The van der Waals surface area contributed by atoms with Crippen molar-refractivity contribution >= 4 is 34.8 Å². The molecule has 0 saturated carbocycles. The van der Waals surface area contributed by atoms with Gasteiger partial charge in [-0.25, -0.2) is 10.0 Å². The molecule has 2 saturated heterocycles. The number of fused-ring (bicyclic) bond motifs is 5. The number of hydrogen-bond donors (Lipinski definition) is 0. The van der Waals surface area contributed by atoms with Gasteiger partial charge < -0.3 is 0 Å². The van der Waals surface area contributed by atoms with Crippen molar-refractivity contribution < 1.29 is 14.4 Å². The highest BCUT2D eigenvalue weighted by molar-refractivity contribution is 6.19. The van der Waals surface area contributed by atoms with E-state index in [4.69, 9.17) is 4.99 Å². The van der Waals surface area contributed by atoms with Crippen molar-refractivity contribution in [3.8, 4) is 0 Å². The molecule has 0 aliphatic carbocycles. The number of hydrazine groups is 1. The van der Waals surface area contributed by atoms with Crippen molar-refractivity contribution in [3.63, 3.8) is 0 Å². The normalized spacial score (nSPS) is 23.2. The molecule has 33 heavy (non-hydrogen) atoms. The van der Waals surface area contributed by atoms with Crippen molar-refractivity contribution in [2.24, 2.45) is 10.9 Å². The molecular formula is C26H20N4O3. The van der Waals surface area contributed by atoms with E-state index in [1.807, 2.05) is 65.7 Å². The van der Waals surface area contributed by atoms with Crippen LogP contribution in [0.4, 0.5) is 11.4 Å². The zero-order valence-electron chi connectivity index (χ0n) is 17.8.